The predicted molar refractivity (Wildman–Crippen MR) is 68.2 cm³/mol. The molecule has 0 aromatic heterocycles. The number of hydrogen-bond acceptors (Lipinski definition) is 3. The van der Waals surface area contributed by atoms with Crippen LogP contribution in [0, 0.1) is 24.2 Å². The molecule has 0 bridgehead atoms. The second-order valence-electron chi connectivity index (χ2n) is 6.04. The van der Waals surface area contributed by atoms with E-state index in [2.05, 4.69) is 4.74 Å². The Bertz CT molecular complexity index is 429. The van der Waals surface area contributed by atoms with Crippen molar-refractivity contribution in [1.82, 2.24) is 0 Å². The van der Waals surface area contributed by atoms with Crippen LogP contribution in [0.25, 0.3) is 0 Å². The van der Waals surface area contributed by atoms with Crippen LogP contribution in [0.4, 0.5) is 17.6 Å². The third kappa shape index (κ3) is 8.56. The Labute approximate surface area is 121 Å². The van der Waals surface area contributed by atoms with E-state index in [0.29, 0.717) is 0 Å². The summed E-state index contributed by atoms with van der Waals surface area (Å²) in [6, 6.07) is -7.03. The number of halogens is 4. The molecule has 3 nitrogen and oxygen atoms in total. The van der Waals surface area contributed by atoms with Gasteiger partial charge in [-0.15, -0.1) is 8.78 Å². The first-order chi connectivity index (χ1) is 9.24. The summed E-state index contributed by atoms with van der Waals surface area (Å²) in [4.78, 5) is 0. The van der Waals surface area contributed by atoms with Crippen LogP contribution in [0.3, 0.4) is 0 Å². The second-order valence-corrected chi connectivity index (χ2v) is 6.04. The first-order valence-electron chi connectivity index (χ1n) is 5.98. The molecule has 0 aliphatic carbocycles. The zero-order valence-electron chi connectivity index (χ0n) is 12.7. The van der Waals surface area contributed by atoms with Crippen molar-refractivity contribution in [2.24, 2.45) is 0 Å². The molecule has 0 N–H and O–H groups in total. The summed E-state index contributed by atoms with van der Waals surface area (Å²) >= 11 is 0. The van der Waals surface area contributed by atoms with E-state index < -0.39 is 23.3 Å². The van der Waals surface area contributed by atoms with E-state index >= 15 is 0 Å². The molecule has 0 saturated heterocycles. The molecular weight excluding hydrogens is 292 g/mol. The van der Waals surface area contributed by atoms with Crippen molar-refractivity contribution in [3.8, 4) is 24.2 Å². The van der Waals surface area contributed by atoms with Crippen LogP contribution in [0.5, 0.6) is 0 Å². The molecule has 0 aliphatic rings. The minimum Gasteiger partial charge on any atom is -0.307 e. The van der Waals surface area contributed by atoms with Crippen LogP contribution >= 0.6 is 0 Å². The molecule has 7 heteroatoms. The fraction of sp³-hybridized carbons (Fsp3) is 0.714. The Hall–Kier alpha value is -1.28. The van der Waals surface area contributed by atoms with Crippen molar-refractivity contribution in [3.63, 3.8) is 0 Å². The van der Waals surface area contributed by atoms with Crippen molar-refractivity contribution in [3.05, 3.63) is 0 Å². The van der Waals surface area contributed by atoms with E-state index in [1.807, 2.05) is 0 Å². The first-order valence-corrected chi connectivity index (χ1v) is 5.98. The maximum absolute atomic E-state index is 14.3. The van der Waals surface area contributed by atoms with Gasteiger partial charge in [0.1, 0.15) is 12.3 Å². The van der Waals surface area contributed by atoms with E-state index in [-0.39, 0.29) is 0 Å². The van der Waals surface area contributed by atoms with Gasteiger partial charge in [-0.2, -0.15) is 8.78 Å². The van der Waals surface area contributed by atoms with Crippen LogP contribution < -0.4 is 0 Å². The lowest BCUT2D eigenvalue weighted by Crippen LogP contribution is -2.47. The quantitative estimate of drug-likeness (QED) is 0.450. The summed E-state index contributed by atoms with van der Waals surface area (Å²) in [5.41, 5.74) is -2.41. The Morgan fingerprint density at radius 3 is 1.10 bits per heavy atom. The first kappa shape index (κ1) is 19.7. The highest BCUT2D eigenvalue weighted by atomic mass is 19.2. The van der Waals surface area contributed by atoms with Gasteiger partial charge in [0, 0.05) is 11.8 Å². The summed E-state index contributed by atoms with van der Waals surface area (Å²) in [7, 11) is 0. The lowest BCUT2D eigenvalue weighted by Gasteiger charge is -2.34. The zero-order valence-corrected chi connectivity index (χ0v) is 12.7. The fourth-order valence-corrected chi connectivity index (χ4v) is 1.21. The van der Waals surface area contributed by atoms with Crippen molar-refractivity contribution in [1.29, 1.82) is 0 Å². The highest BCUT2D eigenvalue weighted by molar-refractivity contribution is 5.06. The summed E-state index contributed by atoms with van der Waals surface area (Å²) in [6.07, 6.45) is 1.44. The summed E-state index contributed by atoms with van der Waals surface area (Å²) < 4.78 is 66.6. The predicted octanol–water partition coefficient (Wildman–Crippen LogP) is 3.74. The van der Waals surface area contributed by atoms with E-state index in [1.165, 1.54) is 53.4 Å². The monoisotopic (exact) mass is 310 g/mol. The molecule has 21 heavy (non-hydrogen) atoms. The number of rotatable bonds is 4. The average Bonchev–Trinajstić information content (AvgIpc) is 2.08. The highest BCUT2D eigenvalue weighted by Crippen LogP contribution is 2.32. The molecule has 0 fully saturated rings. The van der Waals surface area contributed by atoms with E-state index in [1.54, 1.807) is 0 Å². The molecule has 2 atom stereocenters. The van der Waals surface area contributed by atoms with Gasteiger partial charge >= 0.3 is 12.1 Å². The van der Waals surface area contributed by atoms with E-state index in [0.717, 1.165) is 12.3 Å². The topological polar surface area (TPSA) is 27.7 Å². The van der Waals surface area contributed by atoms with Gasteiger partial charge in [0.2, 0.25) is 0 Å². The molecule has 0 radical (unpaired) electrons. The van der Waals surface area contributed by atoms with Gasteiger partial charge in [-0.25, -0.2) is 4.74 Å². The number of hydrogen-bond donors (Lipinski definition) is 0. The zero-order chi connectivity index (χ0) is 16.9. The van der Waals surface area contributed by atoms with Gasteiger partial charge in [-0.1, -0.05) is 0 Å². The maximum atomic E-state index is 14.3. The number of ether oxygens (including phenoxy) is 3. The summed E-state index contributed by atoms with van der Waals surface area (Å²) in [5.74, 6) is 2.55. The van der Waals surface area contributed by atoms with Crippen LogP contribution in [0.1, 0.15) is 41.5 Å². The van der Waals surface area contributed by atoms with Crippen molar-refractivity contribution in [2.75, 3.05) is 0 Å². The molecule has 0 aromatic rings. The molecule has 0 heterocycles. The Morgan fingerprint density at radius 1 is 0.619 bits per heavy atom. The Morgan fingerprint density at radius 2 is 0.905 bits per heavy atom. The normalized spacial score (nSPS) is 17.6. The van der Waals surface area contributed by atoms with Gasteiger partial charge in [-0.05, 0) is 41.5 Å². The molecule has 0 aromatic carbocycles. The number of alkyl halides is 2. The largest absolute Gasteiger partial charge is 0.397 e. The molecule has 120 valence electrons. The molecule has 0 aliphatic heterocycles. The molecule has 0 rings (SSSR count). The van der Waals surface area contributed by atoms with Crippen molar-refractivity contribution < 1.29 is 31.8 Å². The second kappa shape index (κ2) is 6.65. The van der Waals surface area contributed by atoms with E-state index in [9.17, 15) is 17.6 Å². The van der Waals surface area contributed by atoms with Crippen LogP contribution in [0.2, 0.25) is 0 Å². The molecule has 2 unspecified atom stereocenters. The van der Waals surface area contributed by atoms with Crippen molar-refractivity contribution in [2.45, 2.75) is 64.8 Å². The molecule has 0 saturated carbocycles. The summed E-state index contributed by atoms with van der Waals surface area (Å²) in [6.45, 7) is 8.39. The van der Waals surface area contributed by atoms with Gasteiger partial charge < -0.3 is 9.47 Å². The van der Waals surface area contributed by atoms with Gasteiger partial charge in [0.15, 0.2) is 0 Å². The van der Waals surface area contributed by atoms with Crippen LogP contribution in [-0.4, -0.2) is 23.3 Å². The molecule has 0 spiro atoms. The van der Waals surface area contributed by atoms with Crippen molar-refractivity contribution >= 4 is 0 Å². The van der Waals surface area contributed by atoms with Gasteiger partial charge in [0.05, 0.1) is 11.2 Å². The van der Waals surface area contributed by atoms with Crippen LogP contribution in [0.15, 0.2) is 0 Å². The Kier molecular flexibility index (Phi) is 6.25. The third-order valence-electron chi connectivity index (χ3n) is 1.53. The standard InChI is InChI=1S/C14H18F4O3/c1-11(2,3)19-13(17,7-9-15)21-14(18,8-10-16)20-12(4,5)6/h1-6H3. The smallest absolute Gasteiger partial charge is 0.307 e. The minimum absolute atomic E-state index is 0.719. The maximum Gasteiger partial charge on any atom is 0.397 e. The molecular formula is C14H18F4O3. The lowest BCUT2D eigenvalue weighted by atomic mass is 10.2. The van der Waals surface area contributed by atoms with Gasteiger partial charge in [0.25, 0.3) is 0 Å². The highest BCUT2D eigenvalue weighted by Gasteiger charge is 2.48. The molecule has 0 amide bonds. The summed E-state index contributed by atoms with van der Waals surface area (Å²) in [5, 5.41) is 0. The third-order valence-corrected chi connectivity index (χ3v) is 1.53. The lowest BCUT2D eigenvalue weighted by molar-refractivity contribution is -0.428. The fourth-order valence-electron chi connectivity index (χ4n) is 1.21. The Balaban J connectivity index is 5.50. The average molecular weight is 310 g/mol. The van der Waals surface area contributed by atoms with Crippen LogP contribution in [-0.2, 0) is 14.2 Å². The minimum atomic E-state index is -3.52. The SMILES string of the molecule is CC(C)(C)OC(F)(C#CF)OC(F)(C#CF)OC(C)(C)C. The van der Waals surface area contributed by atoms with E-state index in [4.69, 9.17) is 9.47 Å². The van der Waals surface area contributed by atoms with Gasteiger partial charge in [-0.3, -0.25) is 0 Å².